The molecule has 1 unspecified atom stereocenters. The molecule has 34 heavy (non-hydrogen) atoms. The number of rotatable bonds is 9. The average molecular weight is 461 g/mol. The molecule has 9 heteroatoms. The number of tetrazole rings is 1. The van der Waals surface area contributed by atoms with Crippen LogP contribution in [0.1, 0.15) is 61.4 Å². The SMILES string of the molecule is CCCc1c(C(=O)O)n(C(C)CC)c(=O)n1Cc1ccc(-c2ccccc2-c2nnn[nH]2)cc1. The quantitative estimate of drug-likeness (QED) is 0.387. The highest BCUT2D eigenvalue weighted by molar-refractivity contribution is 5.87. The molecule has 0 amide bonds. The number of carbonyl (C=O) groups is 1. The van der Waals surface area contributed by atoms with E-state index in [2.05, 4.69) is 20.6 Å². The molecule has 0 aliphatic heterocycles. The number of H-pyrrole nitrogens is 1. The molecule has 2 heterocycles. The van der Waals surface area contributed by atoms with E-state index in [4.69, 9.17) is 0 Å². The average Bonchev–Trinajstić information content (AvgIpc) is 3.47. The third kappa shape index (κ3) is 4.28. The fourth-order valence-electron chi connectivity index (χ4n) is 4.27. The van der Waals surface area contributed by atoms with Crippen molar-refractivity contribution in [1.29, 1.82) is 0 Å². The van der Waals surface area contributed by atoms with E-state index in [-0.39, 0.29) is 17.4 Å². The van der Waals surface area contributed by atoms with Crippen molar-refractivity contribution >= 4 is 5.97 Å². The Balaban J connectivity index is 1.72. The summed E-state index contributed by atoms with van der Waals surface area (Å²) < 4.78 is 3.05. The van der Waals surface area contributed by atoms with Crippen molar-refractivity contribution < 1.29 is 9.90 Å². The van der Waals surface area contributed by atoms with Gasteiger partial charge in [-0.3, -0.25) is 9.13 Å². The number of hydrogen-bond acceptors (Lipinski definition) is 5. The van der Waals surface area contributed by atoms with Crippen LogP contribution in [0.25, 0.3) is 22.5 Å². The number of hydrogen-bond donors (Lipinski definition) is 2. The van der Waals surface area contributed by atoms with Crippen LogP contribution in [0.5, 0.6) is 0 Å². The largest absolute Gasteiger partial charge is 0.477 e. The predicted octanol–water partition coefficient (Wildman–Crippen LogP) is 4.17. The van der Waals surface area contributed by atoms with E-state index < -0.39 is 5.97 Å². The van der Waals surface area contributed by atoms with Gasteiger partial charge in [0, 0.05) is 11.6 Å². The van der Waals surface area contributed by atoms with E-state index in [9.17, 15) is 14.7 Å². The molecule has 176 valence electrons. The van der Waals surface area contributed by atoms with Crippen LogP contribution in [-0.4, -0.2) is 40.8 Å². The summed E-state index contributed by atoms with van der Waals surface area (Å²) >= 11 is 0. The van der Waals surface area contributed by atoms with Gasteiger partial charge in [0.1, 0.15) is 0 Å². The third-order valence-electron chi connectivity index (χ3n) is 6.13. The molecule has 0 aliphatic carbocycles. The van der Waals surface area contributed by atoms with Crippen LogP contribution in [-0.2, 0) is 13.0 Å². The molecule has 4 aromatic rings. The Morgan fingerprint density at radius 3 is 2.38 bits per heavy atom. The zero-order valence-electron chi connectivity index (χ0n) is 19.5. The topological polar surface area (TPSA) is 119 Å². The smallest absolute Gasteiger partial charge is 0.354 e. The van der Waals surface area contributed by atoms with E-state index >= 15 is 0 Å². The van der Waals surface area contributed by atoms with Crippen LogP contribution in [0, 0.1) is 0 Å². The van der Waals surface area contributed by atoms with Gasteiger partial charge in [-0.1, -0.05) is 68.8 Å². The van der Waals surface area contributed by atoms with Crippen molar-refractivity contribution in [2.75, 3.05) is 0 Å². The van der Waals surface area contributed by atoms with E-state index in [1.54, 1.807) is 4.57 Å². The van der Waals surface area contributed by atoms with E-state index in [0.29, 0.717) is 30.9 Å². The lowest BCUT2D eigenvalue weighted by Gasteiger charge is -2.11. The number of aromatic carboxylic acids is 1. The van der Waals surface area contributed by atoms with Gasteiger partial charge < -0.3 is 5.11 Å². The minimum absolute atomic E-state index is 0.104. The number of carboxylic acid groups (broad SMARTS) is 1. The summed E-state index contributed by atoms with van der Waals surface area (Å²) in [7, 11) is 0. The van der Waals surface area contributed by atoms with Gasteiger partial charge in [-0.15, -0.1) is 5.10 Å². The molecule has 0 spiro atoms. The zero-order chi connectivity index (χ0) is 24.2. The van der Waals surface area contributed by atoms with Crippen molar-refractivity contribution in [2.45, 2.75) is 52.6 Å². The summed E-state index contributed by atoms with van der Waals surface area (Å²) in [6.07, 6.45) is 1.94. The number of carboxylic acids is 1. The lowest BCUT2D eigenvalue weighted by Crippen LogP contribution is -2.28. The van der Waals surface area contributed by atoms with Gasteiger partial charge in [0.15, 0.2) is 11.5 Å². The molecule has 2 aromatic carbocycles. The van der Waals surface area contributed by atoms with Gasteiger partial charge in [0.05, 0.1) is 12.2 Å². The molecule has 0 radical (unpaired) electrons. The van der Waals surface area contributed by atoms with Crippen LogP contribution in [0.2, 0.25) is 0 Å². The highest BCUT2D eigenvalue weighted by Gasteiger charge is 2.26. The molecule has 4 rings (SSSR count). The molecule has 2 aromatic heterocycles. The van der Waals surface area contributed by atoms with Crippen LogP contribution in [0.3, 0.4) is 0 Å². The maximum atomic E-state index is 13.3. The zero-order valence-corrected chi connectivity index (χ0v) is 19.5. The van der Waals surface area contributed by atoms with E-state index in [0.717, 1.165) is 28.7 Å². The molecule has 0 bridgehead atoms. The fourth-order valence-corrected chi connectivity index (χ4v) is 4.27. The number of aromatic nitrogens is 6. The maximum Gasteiger partial charge on any atom is 0.354 e. The Bertz CT molecular complexity index is 1340. The number of nitrogens with zero attached hydrogens (tertiary/aromatic N) is 5. The van der Waals surface area contributed by atoms with Gasteiger partial charge in [-0.2, -0.15) is 0 Å². The second-order valence-electron chi connectivity index (χ2n) is 8.34. The molecule has 9 nitrogen and oxygen atoms in total. The second kappa shape index (κ2) is 9.86. The van der Waals surface area contributed by atoms with Crippen molar-refractivity contribution in [3.8, 4) is 22.5 Å². The summed E-state index contributed by atoms with van der Waals surface area (Å²) in [5.74, 6) is -0.475. The Morgan fingerprint density at radius 2 is 1.79 bits per heavy atom. The van der Waals surface area contributed by atoms with Gasteiger partial charge >= 0.3 is 11.7 Å². The Hall–Kier alpha value is -4.01. The molecular formula is C25H28N6O3. The van der Waals surface area contributed by atoms with Crippen LogP contribution >= 0.6 is 0 Å². The van der Waals surface area contributed by atoms with E-state index in [1.807, 2.05) is 69.3 Å². The summed E-state index contributed by atoms with van der Waals surface area (Å²) in [4.78, 5) is 25.4. The van der Waals surface area contributed by atoms with Crippen molar-refractivity contribution in [3.05, 3.63) is 76.0 Å². The number of benzene rings is 2. The summed E-state index contributed by atoms with van der Waals surface area (Å²) in [5, 5.41) is 24.1. The first-order chi connectivity index (χ1) is 16.5. The predicted molar refractivity (Wildman–Crippen MR) is 129 cm³/mol. The van der Waals surface area contributed by atoms with Crippen LogP contribution < -0.4 is 5.69 Å². The molecule has 1 atom stereocenters. The Morgan fingerprint density at radius 1 is 1.09 bits per heavy atom. The lowest BCUT2D eigenvalue weighted by molar-refractivity contribution is 0.0680. The van der Waals surface area contributed by atoms with Gasteiger partial charge in [0.2, 0.25) is 0 Å². The number of aromatic amines is 1. The van der Waals surface area contributed by atoms with Gasteiger partial charge in [0.25, 0.3) is 0 Å². The first kappa shape index (κ1) is 23.2. The molecule has 2 N–H and O–H groups in total. The van der Waals surface area contributed by atoms with Crippen molar-refractivity contribution in [1.82, 2.24) is 29.8 Å². The van der Waals surface area contributed by atoms with Gasteiger partial charge in [-0.25, -0.2) is 14.7 Å². The summed E-state index contributed by atoms with van der Waals surface area (Å²) in [6.45, 7) is 6.12. The summed E-state index contributed by atoms with van der Waals surface area (Å²) in [5.41, 5.74) is 4.17. The van der Waals surface area contributed by atoms with Crippen molar-refractivity contribution in [2.24, 2.45) is 0 Å². The maximum absolute atomic E-state index is 13.3. The minimum atomic E-state index is -1.06. The molecule has 0 aliphatic rings. The molecule has 0 saturated heterocycles. The highest BCUT2D eigenvalue weighted by atomic mass is 16.4. The monoisotopic (exact) mass is 460 g/mol. The standard InChI is InChI=1S/C25H28N6O3/c1-4-8-21-22(24(32)33)31(16(3)5-2)25(34)30(21)15-17-11-13-18(14-12-17)19-9-6-7-10-20(19)23-26-28-29-27-23/h6-7,9-14,16H,4-5,8,15H2,1-3H3,(H,32,33)(H,26,27,28,29). The molecule has 0 saturated carbocycles. The minimum Gasteiger partial charge on any atom is -0.477 e. The lowest BCUT2D eigenvalue weighted by atomic mass is 9.98. The fraction of sp³-hybridized carbons (Fsp3) is 0.320. The first-order valence-corrected chi connectivity index (χ1v) is 11.5. The number of nitrogens with one attached hydrogen (secondary N) is 1. The number of imidazole rings is 1. The van der Waals surface area contributed by atoms with Crippen LogP contribution in [0.15, 0.2) is 53.3 Å². The molecule has 0 fully saturated rings. The Kier molecular flexibility index (Phi) is 6.72. The third-order valence-corrected chi connectivity index (χ3v) is 6.13. The van der Waals surface area contributed by atoms with Crippen LogP contribution in [0.4, 0.5) is 0 Å². The Labute approximate surface area is 197 Å². The summed E-state index contributed by atoms with van der Waals surface area (Å²) in [6, 6.07) is 15.6. The molecular weight excluding hydrogens is 432 g/mol. The highest BCUT2D eigenvalue weighted by Crippen LogP contribution is 2.30. The second-order valence-corrected chi connectivity index (χ2v) is 8.34. The van der Waals surface area contributed by atoms with Gasteiger partial charge in [-0.05, 0) is 46.9 Å². The van der Waals surface area contributed by atoms with Crippen molar-refractivity contribution in [3.63, 3.8) is 0 Å². The normalized spacial score (nSPS) is 12.1. The van der Waals surface area contributed by atoms with E-state index in [1.165, 1.54) is 4.57 Å². The first-order valence-electron chi connectivity index (χ1n) is 11.5.